The van der Waals surface area contributed by atoms with Crippen molar-refractivity contribution in [3.8, 4) is 0 Å². The molecule has 0 atom stereocenters. The summed E-state index contributed by atoms with van der Waals surface area (Å²) in [6.07, 6.45) is 14.9. The Balaban J connectivity index is 3.02. The van der Waals surface area contributed by atoms with Crippen LogP contribution in [0.25, 0.3) is 0 Å². The molecule has 0 aliphatic rings. The van der Waals surface area contributed by atoms with Crippen LogP contribution in [-0.2, 0) is 4.74 Å². The predicted molar refractivity (Wildman–Crippen MR) is 90.4 cm³/mol. The van der Waals surface area contributed by atoms with Gasteiger partial charge in [-0.15, -0.1) is 0 Å². The molecule has 0 saturated heterocycles. The van der Waals surface area contributed by atoms with E-state index in [2.05, 4.69) is 26.1 Å². The zero-order chi connectivity index (χ0) is 14.9. The van der Waals surface area contributed by atoms with Crippen LogP contribution in [0.3, 0.4) is 0 Å². The molecule has 0 spiro atoms. The summed E-state index contributed by atoms with van der Waals surface area (Å²) < 4.78 is 5.67. The summed E-state index contributed by atoms with van der Waals surface area (Å²) in [7, 11) is 0. The van der Waals surface area contributed by atoms with Crippen molar-refractivity contribution in [1.29, 1.82) is 0 Å². The minimum atomic E-state index is 0.673. The van der Waals surface area contributed by atoms with Crippen molar-refractivity contribution in [1.82, 2.24) is 5.32 Å². The highest BCUT2D eigenvalue weighted by molar-refractivity contribution is 4.61. The van der Waals surface area contributed by atoms with Crippen LogP contribution >= 0.6 is 0 Å². The first-order valence-corrected chi connectivity index (χ1v) is 9.16. The number of nitrogens with one attached hydrogen (secondary N) is 1. The van der Waals surface area contributed by atoms with Gasteiger partial charge in [0.2, 0.25) is 0 Å². The van der Waals surface area contributed by atoms with E-state index >= 15 is 0 Å². The van der Waals surface area contributed by atoms with Gasteiger partial charge in [-0.05, 0) is 19.3 Å². The SMILES string of the molecule is CCCCCCCCCCCOCCNC(CC)CC. The lowest BCUT2D eigenvalue weighted by Crippen LogP contribution is -2.30. The number of hydrogen-bond acceptors (Lipinski definition) is 2. The topological polar surface area (TPSA) is 21.3 Å². The van der Waals surface area contributed by atoms with Crippen molar-refractivity contribution in [2.24, 2.45) is 0 Å². The van der Waals surface area contributed by atoms with Crippen LogP contribution in [0.1, 0.15) is 91.4 Å². The summed E-state index contributed by atoms with van der Waals surface area (Å²) in [6, 6.07) is 0.673. The Morgan fingerprint density at radius 2 is 1.25 bits per heavy atom. The first-order valence-electron chi connectivity index (χ1n) is 9.16. The number of rotatable bonds is 16. The summed E-state index contributed by atoms with van der Waals surface area (Å²) in [6.45, 7) is 9.58. The maximum absolute atomic E-state index is 5.67. The number of unbranched alkanes of at least 4 members (excludes halogenated alkanes) is 8. The third kappa shape index (κ3) is 14.3. The van der Waals surface area contributed by atoms with Gasteiger partial charge in [-0.3, -0.25) is 0 Å². The Hall–Kier alpha value is -0.0800. The molecule has 0 amide bonds. The second-order valence-corrected chi connectivity index (χ2v) is 5.91. The lowest BCUT2D eigenvalue weighted by Gasteiger charge is -2.14. The third-order valence-electron chi connectivity index (χ3n) is 4.06. The monoisotopic (exact) mass is 285 g/mol. The maximum atomic E-state index is 5.67. The van der Waals surface area contributed by atoms with Gasteiger partial charge in [0, 0.05) is 19.2 Å². The highest BCUT2D eigenvalue weighted by atomic mass is 16.5. The molecule has 1 N–H and O–H groups in total. The second-order valence-electron chi connectivity index (χ2n) is 5.91. The summed E-state index contributed by atoms with van der Waals surface area (Å²) in [5.74, 6) is 0. The fourth-order valence-corrected chi connectivity index (χ4v) is 2.53. The van der Waals surface area contributed by atoms with Crippen molar-refractivity contribution in [3.05, 3.63) is 0 Å². The molecule has 0 heterocycles. The van der Waals surface area contributed by atoms with E-state index < -0.39 is 0 Å². The van der Waals surface area contributed by atoms with Crippen LogP contribution in [-0.4, -0.2) is 25.8 Å². The van der Waals surface area contributed by atoms with Crippen LogP contribution in [0.2, 0.25) is 0 Å². The predicted octanol–water partition coefficient (Wildman–Crippen LogP) is 5.31. The Morgan fingerprint density at radius 1 is 0.700 bits per heavy atom. The summed E-state index contributed by atoms with van der Waals surface area (Å²) in [5.41, 5.74) is 0. The highest BCUT2D eigenvalue weighted by Crippen LogP contribution is 2.09. The molecule has 0 aliphatic heterocycles. The van der Waals surface area contributed by atoms with Gasteiger partial charge in [0.05, 0.1) is 6.61 Å². The Morgan fingerprint density at radius 3 is 1.80 bits per heavy atom. The number of ether oxygens (including phenoxy) is 1. The van der Waals surface area contributed by atoms with E-state index in [-0.39, 0.29) is 0 Å². The first-order chi connectivity index (χ1) is 9.85. The van der Waals surface area contributed by atoms with Gasteiger partial charge in [-0.1, -0.05) is 72.1 Å². The molecule has 0 aliphatic carbocycles. The fourth-order valence-electron chi connectivity index (χ4n) is 2.53. The van der Waals surface area contributed by atoms with E-state index in [1.807, 2.05) is 0 Å². The molecule has 2 heteroatoms. The summed E-state index contributed by atoms with van der Waals surface area (Å²) >= 11 is 0. The first kappa shape index (κ1) is 19.9. The standard InChI is InChI=1S/C18H39NO/c1-4-7-8-9-10-11-12-13-14-16-20-17-15-19-18(5-2)6-3/h18-19H,4-17H2,1-3H3. The Labute approximate surface area is 128 Å². The van der Waals surface area contributed by atoms with E-state index in [0.29, 0.717) is 6.04 Å². The molecule has 0 saturated carbocycles. The van der Waals surface area contributed by atoms with Crippen LogP contribution < -0.4 is 5.32 Å². The van der Waals surface area contributed by atoms with Gasteiger partial charge < -0.3 is 10.1 Å². The third-order valence-corrected chi connectivity index (χ3v) is 4.06. The molecule has 0 aromatic heterocycles. The van der Waals surface area contributed by atoms with E-state index in [1.165, 1.54) is 70.6 Å². The van der Waals surface area contributed by atoms with Gasteiger partial charge in [0.1, 0.15) is 0 Å². The van der Waals surface area contributed by atoms with Crippen molar-refractivity contribution < 1.29 is 4.74 Å². The molecule has 0 unspecified atom stereocenters. The molecule has 0 radical (unpaired) electrons. The maximum Gasteiger partial charge on any atom is 0.0590 e. The molecular formula is C18H39NO. The molecular weight excluding hydrogens is 246 g/mol. The zero-order valence-electron chi connectivity index (χ0n) is 14.4. The van der Waals surface area contributed by atoms with Gasteiger partial charge in [0.25, 0.3) is 0 Å². The average Bonchev–Trinajstić information content (AvgIpc) is 2.48. The lowest BCUT2D eigenvalue weighted by molar-refractivity contribution is 0.129. The quantitative estimate of drug-likeness (QED) is 0.388. The molecule has 0 bridgehead atoms. The van der Waals surface area contributed by atoms with Crippen LogP contribution in [0.15, 0.2) is 0 Å². The lowest BCUT2D eigenvalue weighted by atomic mass is 10.1. The second kappa shape index (κ2) is 17.0. The van der Waals surface area contributed by atoms with Gasteiger partial charge >= 0.3 is 0 Å². The van der Waals surface area contributed by atoms with Gasteiger partial charge in [-0.2, -0.15) is 0 Å². The molecule has 0 aromatic rings. The summed E-state index contributed by atoms with van der Waals surface area (Å²) in [4.78, 5) is 0. The van der Waals surface area contributed by atoms with E-state index in [9.17, 15) is 0 Å². The minimum absolute atomic E-state index is 0.673. The normalized spacial score (nSPS) is 11.4. The smallest absolute Gasteiger partial charge is 0.0590 e. The zero-order valence-corrected chi connectivity index (χ0v) is 14.4. The van der Waals surface area contributed by atoms with Crippen molar-refractivity contribution >= 4 is 0 Å². The van der Waals surface area contributed by atoms with Crippen LogP contribution in [0.5, 0.6) is 0 Å². The van der Waals surface area contributed by atoms with Crippen LogP contribution in [0, 0.1) is 0 Å². The molecule has 0 aromatic carbocycles. The van der Waals surface area contributed by atoms with Gasteiger partial charge in [-0.25, -0.2) is 0 Å². The largest absolute Gasteiger partial charge is 0.380 e. The molecule has 122 valence electrons. The van der Waals surface area contributed by atoms with Crippen molar-refractivity contribution in [2.45, 2.75) is 97.4 Å². The van der Waals surface area contributed by atoms with Crippen molar-refractivity contribution in [2.75, 3.05) is 19.8 Å². The average molecular weight is 286 g/mol. The van der Waals surface area contributed by atoms with E-state index in [4.69, 9.17) is 4.74 Å². The molecule has 20 heavy (non-hydrogen) atoms. The number of hydrogen-bond donors (Lipinski definition) is 1. The van der Waals surface area contributed by atoms with Gasteiger partial charge in [0.15, 0.2) is 0 Å². The fraction of sp³-hybridized carbons (Fsp3) is 1.00. The molecule has 2 nitrogen and oxygen atoms in total. The van der Waals surface area contributed by atoms with E-state index in [1.54, 1.807) is 0 Å². The Kier molecular flexibility index (Phi) is 16.9. The summed E-state index contributed by atoms with van der Waals surface area (Å²) in [5, 5.41) is 3.53. The van der Waals surface area contributed by atoms with Crippen LogP contribution in [0.4, 0.5) is 0 Å². The van der Waals surface area contributed by atoms with E-state index in [0.717, 1.165) is 19.8 Å². The highest BCUT2D eigenvalue weighted by Gasteiger charge is 2.00. The molecule has 0 rings (SSSR count). The minimum Gasteiger partial charge on any atom is -0.380 e. The Bertz CT molecular complexity index is 169. The molecule has 0 fully saturated rings. The van der Waals surface area contributed by atoms with Crippen molar-refractivity contribution in [3.63, 3.8) is 0 Å².